The van der Waals surface area contributed by atoms with Crippen LogP contribution in [0.2, 0.25) is 0 Å². The molecule has 3 fully saturated rings. The van der Waals surface area contributed by atoms with Crippen LogP contribution in [0.25, 0.3) is 0 Å². The summed E-state index contributed by atoms with van der Waals surface area (Å²) in [5.74, 6) is 0.924. The zero-order valence-electron chi connectivity index (χ0n) is 11.2. The third kappa shape index (κ3) is 1.73. The van der Waals surface area contributed by atoms with Gasteiger partial charge in [-0.3, -0.25) is 0 Å². The molecule has 2 heteroatoms. The van der Waals surface area contributed by atoms with Crippen LogP contribution in [-0.2, 0) is 9.53 Å². The number of hydrogen-bond acceptors (Lipinski definition) is 2. The van der Waals surface area contributed by atoms with Gasteiger partial charge in [0.15, 0.2) is 0 Å². The maximum atomic E-state index is 11.6. The minimum atomic E-state index is -0.173. The number of carbonyl (C=O) groups excluding carboxylic acids is 1. The van der Waals surface area contributed by atoms with Crippen molar-refractivity contribution in [3.8, 4) is 0 Å². The molecule has 98 valence electrons. The molecular formula is C16H22O2. The molecule has 1 heterocycles. The molecule has 0 bridgehead atoms. The van der Waals surface area contributed by atoms with E-state index in [0.29, 0.717) is 22.8 Å². The van der Waals surface area contributed by atoms with Gasteiger partial charge in [-0.15, -0.1) is 0 Å². The Morgan fingerprint density at radius 2 is 2.17 bits per heavy atom. The quantitative estimate of drug-likeness (QED) is 0.370. The molecule has 3 rings (SSSR count). The van der Waals surface area contributed by atoms with Gasteiger partial charge in [-0.25, -0.2) is 4.79 Å². The van der Waals surface area contributed by atoms with Crippen LogP contribution in [0.4, 0.5) is 0 Å². The van der Waals surface area contributed by atoms with Gasteiger partial charge in [0.05, 0.1) is 0 Å². The van der Waals surface area contributed by atoms with Crippen LogP contribution >= 0.6 is 0 Å². The van der Waals surface area contributed by atoms with E-state index in [1.807, 2.05) is 0 Å². The van der Waals surface area contributed by atoms with E-state index in [1.54, 1.807) is 0 Å². The normalized spacial score (nSPS) is 44.1. The molecule has 2 saturated carbocycles. The number of hydrogen-bond donors (Lipinski definition) is 0. The van der Waals surface area contributed by atoms with Crippen molar-refractivity contribution >= 4 is 5.97 Å². The van der Waals surface area contributed by atoms with Gasteiger partial charge >= 0.3 is 5.97 Å². The van der Waals surface area contributed by atoms with Crippen molar-refractivity contribution in [3.63, 3.8) is 0 Å². The Balaban J connectivity index is 1.85. The highest BCUT2D eigenvalue weighted by molar-refractivity contribution is 5.88. The summed E-state index contributed by atoms with van der Waals surface area (Å²) in [5.41, 5.74) is 2.38. The topological polar surface area (TPSA) is 26.3 Å². The number of esters is 1. The van der Waals surface area contributed by atoms with Gasteiger partial charge in [0, 0.05) is 11.5 Å². The first-order chi connectivity index (χ1) is 8.49. The summed E-state index contributed by atoms with van der Waals surface area (Å²) in [7, 11) is 0. The SMILES string of the molecule is C=C1CC2CC3C(=C)CCC[C@]3(C)C[C@H]2OC1=O. The van der Waals surface area contributed by atoms with E-state index in [9.17, 15) is 4.79 Å². The molecule has 0 N–H and O–H groups in total. The van der Waals surface area contributed by atoms with Crippen LogP contribution in [-0.4, -0.2) is 12.1 Å². The average molecular weight is 246 g/mol. The Morgan fingerprint density at radius 1 is 1.39 bits per heavy atom. The van der Waals surface area contributed by atoms with E-state index in [0.717, 1.165) is 19.3 Å². The summed E-state index contributed by atoms with van der Waals surface area (Å²) in [6, 6.07) is 0. The van der Waals surface area contributed by atoms with Crippen molar-refractivity contribution in [3.05, 3.63) is 24.3 Å². The molecule has 2 unspecified atom stereocenters. The average Bonchev–Trinajstić information content (AvgIpc) is 2.29. The van der Waals surface area contributed by atoms with E-state index >= 15 is 0 Å². The van der Waals surface area contributed by atoms with Gasteiger partial charge in [0.25, 0.3) is 0 Å². The lowest BCUT2D eigenvalue weighted by Crippen LogP contribution is -2.48. The van der Waals surface area contributed by atoms with Crippen molar-refractivity contribution in [2.24, 2.45) is 17.3 Å². The Bertz CT molecular complexity index is 423. The largest absolute Gasteiger partial charge is 0.459 e. The summed E-state index contributed by atoms with van der Waals surface area (Å²) < 4.78 is 5.58. The smallest absolute Gasteiger partial charge is 0.333 e. The lowest BCUT2D eigenvalue weighted by molar-refractivity contribution is -0.160. The maximum Gasteiger partial charge on any atom is 0.333 e. The summed E-state index contributed by atoms with van der Waals surface area (Å²) in [5, 5.41) is 0. The van der Waals surface area contributed by atoms with Crippen LogP contribution < -0.4 is 0 Å². The molecule has 0 aromatic heterocycles. The van der Waals surface area contributed by atoms with Gasteiger partial charge < -0.3 is 4.74 Å². The second-order valence-corrected chi connectivity index (χ2v) is 6.67. The lowest BCUT2D eigenvalue weighted by atomic mass is 9.55. The van der Waals surface area contributed by atoms with Crippen LogP contribution in [0, 0.1) is 17.3 Å². The van der Waals surface area contributed by atoms with E-state index in [-0.39, 0.29) is 12.1 Å². The Labute approximate surface area is 109 Å². The minimum Gasteiger partial charge on any atom is -0.459 e. The fourth-order valence-electron chi connectivity index (χ4n) is 4.31. The molecule has 2 aliphatic carbocycles. The van der Waals surface area contributed by atoms with Gasteiger partial charge in [0.1, 0.15) is 6.10 Å². The standard InChI is InChI=1S/C16H22O2/c1-10-5-4-6-16(3)9-14-12(8-13(10)16)7-11(2)15(17)18-14/h12-14H,1-2,4-9H2,3H3/t12?,13?,14-,16-/m1/s1. The second-order valence-electron chi connectivity index (χ2n) is 6.67. The molecule has 18 heavy (non-hydrogen) atoms. The molecule has 0 radical (unpaired) electrons. The summed E-state index contributed by atoms with van der Waals surface area (Å²) >= 11 is 0. The molecule has 2 nitrogen and oxygen atoms in total. The van der Waals surface area contributed by atoms with Crippen LogP contribution in [0.1, 0.15) is 45.4 Å². The van der Waals surface area contributed by atoms with Crippen LogP contribution in [0.5, 0.6) is 0 Å². The molecule has 0 aromatic carbocycles. The van der Waals surface area contributed by atoms with E-state index in [2.05, 4.69) is 20.1 Å². The van der Waals surface area contributed by atoms with Gasteiger partial charge in [0.2, 0.25) is 0 Å². The zero-order valence-corrected chi connectivity index (χ0v) is 11.2. The predicted octanol–water partition coefficient (Wildman–Crippen LogP) is 3.63. The number of carbonyl (C=O) groups is 1. The van der Waals surface area contributed by atoms with Crippen molar-refractivity contribution in [1.29, 1.82) is 0 Å². The Hall–Kier alpha value is -1.05. The number of fused-ring (bicyclic) bond motifs is 2. The highest BCUT2D eigenvalue weighted by atomic mass is 16.5. The van der Waals surface area contributed by atoms with Gasteiger partial charge in [-0.2, -0.15) is 0 Å². The predicted molar refractivity (Wildman–Crippen MR) is 70.9 cm³/mol. The Morgan fingerprint density at radius 3 is 2.94 bits per heavy atom. The first-order valence-electron chi connectivity index (χ1n) is 7.06. The number of rotatable bonds is 0. The molecular weight excluding hydrogens is 224 g/mol. The van der Waals surface area contributed by atoms with Crippen molar-refractivity contribution in [1.82, 2.24) is 0 Å². The third-order valence-corrected chi connectivity index (χ3v) is 5.37. The van der Waals surface area contributed by atoms with Crippen molar-refractivity contribution < 1.29 is 9.53 Å². The van der Waals surface area contributed by atoms with E-state index < -0.39 is 0 Å². The highest BCUT2D eigenvalue weighted by Gasteiger charge is 2.49. The minimum absolute atomic E-state index is 0.121. The fourth-order valence-corrected chi connectivity index (χ4v) is 4.31. The third-order valence-electron chi connectivity index (χ3n) is 5.37. The summed E-state index contributed by atoms with van der Waals surface area (Å²) in [6.07, 6.45) is 6.76. The molecule has 4 atom stereocenters. The van der Waals surface area contributed by atoms with E-state index in [1.165, 1.54) is 24.8 Å². The molecule has 0 aromatic rings. The molecule has 1 aliphatic heterocycles. The first-order valence-corrected chi connectivity index (χ1v) is 7.06. The zero-order chi connectivity index (χ0) is 12.9. The van der Waals surface area contributed by atoms with E-state index in [4.69, 9.17) is 4.74 Å². The lowest BCUT2D eigenvalue weighted by Gasteiger charge is -2.52. The van der Waals surface area contributed by atoms with Gasteiger partial charge in [-0.05, 0) is 49.9 Å². The molecule has 1 saturated heterocycles. The maximum absolute atomic E-state index is 11.6. The first kappa shape index (κ1) is 12.0. The highest BCUT2D eigenvalue weighted by Crippen LogP contribution is 2.55. The number of ether oxygens (including phenoxy) is 1. The summed E-state index contributed by atoms with van der Waals surface area (Å²) in [4.78, 5) is 11.6. The Kier molecular flexibility index (Phi) is 2.65. The fraction of sp³-hybridized carbons (Fsp3) is 0.688. The monoisotopic (exact) mass is 246 g/mol. The van der Waals surface area contributed by atoms with Gasteiger partial charge in [-0.1, -0.05) is 25.7 Å². The second kappa shape index (κ2) is 3.97. The molecule has 0 amide bonds. The van der Waals surface area contributed by atoms with Crippen molar-refractivity contribution in [2.45, 2.75) is 51.6 Å². The van der Waals surface area contributed by atoms with Crippen LogP contribution in [0.15, 0.2) is 24.3 Å². The molecule has 3 aliphatic rings. The molecule has 0 spiro atoms. The van der Waals surface area contributed by atoms with Crippen molar-refractivity contribution in [2.75, 3.05) is 0 Å². The number of allylic oxidation sites excluding steroid dienone is 1. The summed E-state index contributed by atoms with van der Waals surface area (Å²) in [6.45, 7) is 10.5. The van der Waals surface area contributed by atoms with Crippen LogP contribution in [0.3, 0.4) is 0 Å².